The van der Waals surface area contributed by atoms with Crippen LogP contribution in [0, 0.1) is 0 Å². The van der Waals surface area contributed by atoms with Gasteiger partial charge in [0.05, 0.1) is 18.8 Å². The highest BCUT2D eigenvalue weighted by Crippen LogP contribution is 2.11. The number of ether oxygens (including phenoxy) is 2. The molecule has 2 heterocycles. The molecule has 18 heavy (non-hydrogen) atoms. The van der Waals surface area contributed by atoms with Gasteiger partial charge in [-0.1, -0.05) is 0 Å². The van der Waals surface area contributed by atoms with Crippen molar-refractivity contribution >= 4 is 12.0 Å². The van der Waals surface area contributed by atoms with Gasteiger partial charge in [-0.25, -0.2) is 9.78 Å². The number of primary amides is 1. The molecule has 1 fully saturated rings. The summed E-state index contributed by atoms with van der Waals surface area (Å²) in [4.78, 5) is 28.1. The van der Waals surface area contributed by atoms with Gasteiger partial charge in [0.15, 0.2) is 0 Å². The quantitative estimate of drug-likeness (QED) is 0.799. The molecule has 0 radical (unpaired) electrons. The minimum atomic E-state index is -0.935. The average molecular weight is 251 g/mol. The summed E-state index contributed by atoms with van der Waals surface area (Å²) in [6.45, 7) is 2.22. The second kappa shape index (κ2) is 5.46. The summed E-state index contributed by atoms with van der Waals surface area (Å²) in [5, 5.41) is 0. The molecule has 1 aromatic heterocycles. The lowest BCUT2D eigenvalue weighted by Crippen LogP contribution is -2.40. The van der Waals surface area contributed by atoms with Crippen LogP contribution in [0.4, 0.5) is 4.79 Å². The molecule has 2 N–H and O–H groups in total. The highest BCUT2D eigenvalue weighted by molar-refractivity contribution is 5.94. The maximum absolute atomic E-state index is 12.0. The molecule has 2 amide bonds. The van der Waals surface area contributed by atoms with Crippen LogP contribution >= 0.6 is 0 Å². The average Bonchev–Trinajstić information content (AvgIpc) is 2.39. The summed E-state index contributed by atoms with van der Waals surface area (Å²) in [5.74, 6) is -0.0440. The van der Waals surface area contributed by atoms with Crippen LogP contribution in [0.2, 0.25) is 0 Å². The van der Waals surface area contributed by atoms with E-state index in [2.05, 4.69) is 9.72 Å². The normalized spacial score (nSPS) is 15.2. The van der Waals surface area contributed by atoms with E-state index in [9.17, 15) is 9.59 Å². The third-order valence-corrected chi connectivity index (χ3v) is 2.49. The zero-order chi connectivity index (χ0) is 13.0. The Labute approximate surface area is 103 Å². The summed E-state index contributed by atoms with van der Waals surface area (Å²) in [6.07, 6.45) is 0.422. The number of pyridine rings is 1. The fourth-order valence-corrected chi connectivity index (χ4v) is 1.62. The predicted octanol–water partition coefficient (Wildman–Crippen LogP) is 0.0115. The second-order valence-corrected chi connectivity index (χ2v) is 3.71. The summed E-state index contributed by atoms with van der Waals surface area (Å²) in [6, 6.07) is 2.97. The monoisotopic (exact) mass is 251 g/mol. The van der Waals surface area contributed by atoms with Crippen LogP contribution in [0.3, 0.4) is 0 Å². The van der Waals surface area contributed by atoms with Crippen molar-refractivity contribution in [3.8, 4) is 5.88 Å². The van der Waals surface area contributed by atoms with E-state index in [4.69, 9.17) is 10.5 Å². The third-order valence-electron chi connectivity index (χ3n) is 2.49. The van der Waals surface area contributed by atoms with Crippen LogP contribution in [0.5, 0.6) is 5.88 Å². The van der Waals surface area contributed by atoms with Crippen LogP contribution < -0.4 is 10.5 Å². The van der Waals surface area contributed by atoms with Crippen molar-refractivity contribution < 1.29 is 19.1 Å². The highest BCUT2D eigenvalue weighted by Gasteiger charge is 2.18. The van der Waals surface area contributed by atoms with Crippen molar-refractivity contribution in [1.82, 2.24) is 9.88 Å². The van der Waals surface area contributed by atoms with Gasteiger partial charge in [0.2, 0.25) is 5.88 Å². The van der Waals surface area contributed by atoms with Crippen molar-refractivity contribution in [2.24, 2.45) is 5.73 Å². The molecule has 1 aliphatic heterocycles. The van der Waals surface area contributed by atoms with E-state index in [0.717, 1.165) is 0 Å². The lowest BCUT2D eigenvalue weighted by molar-refractivity contribution is 0.0302. The Morgan fingerprint density at radius 2 is 2.06 bits per heavy atom. The molecule has 1 aliphatic rings. The van der Waals surface area contributed by atoms with Gasteiger partial charge in [-0.05, 0) is 6.07 Å². The van der Waals surface area contributed by atoms with Crippen molar-refractivity contribution in [2.75, 3.05) is 26.3 Å². The van der Waals surface area contributed by atoms with Crippen molar-refractivity contribution in [3.63, 3.8) is 0 Å². The van der Waals surface area contributed by atoms with E-state index in [1.54, 1.807) is 11.0 Å². The first-order valence-corrected chi connectivity index (χ1v) is 5.47. The molecule has 0 atom stereocenters. The van der Waals surface area contributed by atoms with Crippen molar-refractivity contribution in [1.29, 1.82) is 0 Å². The molecule has 2 rings (SSSR count). The van der Waals surface area contributed by atoms with Gasteiger partial charge in [-0.2, -0.15) is 0 Å². The Bertz CT molecular complexity index is 440. The fraction of sp³-hybridized carbons (Fsp3) is 0.364. The zero-order valence-corrected chi connectivity index (χ0v) is 9.67. The Morgan fingerprint density at radius 1 is 1.33 bits per heavy atom. The molecule has 0 bridgehead atoms. The van der Waals surface area contributed by atoms with Gasteiger partial charge in [0, 0.05) is 25.4 Å². The molecule has 0 unspecified atom stereocenters. The second-order valence-electron chi connectivity index (χ2n) is 3.71. The molecule has 1 aromatic rings. The van der Waals surface area contributed by atoms with Crippen LogP contribution in [-0.4, -0.2) is 48.2 Å². The largest absolute Gasteiger partial charge is 0.411 e. The summed E-state index contributed by atoms with van der Waals surface area (Å²) < 4.78 is 9.74. The molecule has 7 heteroatoms. The van der Waals surface area contributed by atoms with Gasteiger partial charge in [0.25, 0.3) is 5.91 Å². The van der Waals surface area contributed by atoms with E-state index in [1.165, 1.54) is 12.3 Å². The summed E-state index contributed by atoms with van der Waals surface area (Å²) in [5.41, 5.74) is 5.29. The lowest BCUT2D eigenvalue weighted by atomic mass is 10.2. The first-order valence-electron chi connectivity index (χ1n) is 5.47. The number of carbonyl (C=O) groups is 2. The first kappa shape index (κ1) is 12.3. The van der Waals surface area contributed by atoms with Crippen LogP contribution in [-0.2, 0) is 4.74 Å². The molecule has 7 nitrogen and oxygen atoms in total. The maximum atomic E-state index is 12.0. The lowest BCUT2D eigenvalue weighted by Gasteiger charge is -2.26. The van der Waals surface area contributed by atoms with E-state index in [1.807, 2.05) is 0 Å². The Hall–Kier alpha value is -2.15. The Morgan fingerprint density at radius 3 is 2.61 bits per heavy atom. The number of hydrogen-bond acceptors (Lipinski definition) is 5. The Balaban J connectivity index is 2.04. The molecule has 0 saturated carbocycles. The van der Waals surface area contributed by atoms with Crippen molar-refractivity contribution in [3.05, 3.63) is 23.9 Å². The molecule has 96 valence electrons. The zero-order valence-electron chi connectivity index (χ0n) is 9.67. The number of nitrogens with two attached hydrogens (primary N) is 1. The SMILES string of the molecule is NC(=O)Oc1ccc(C(=O)N2CCOCC2)cn1. The van der Waals surface area contributed by atoms with Gasteiger partial charge < -0.3 is 20.1 Å². The number of nitrogens with zero attached hydrogens (tertiary/aromatic N) is 2. The molecular weight excluding hydrogens is 238 g/mol. The smallest absolute Gasteiger partial charge is 0.391 e. The molecular formula is C11H13N3O4. The third kappa shape index (κ3) is 2.95. The van der Waals surface area contributed by atoms with Gasteiger partial charge in [0.1, 0.15) is 0 Å². The number of morpholine rings is 1. The highest BCUT2D eigenvalue weighted by atomic mass is 16.6. The first-order chi connectivity index (χ1) is 8.66. The van der Waals surface area contributed by atoms with Gasteiger partial charge in [-0.15, -0.1) is 0 Å². The topological polar surface area (TPSA) is 94.8 Å². The van der Waals surface area contributed by atoms with Crippen molar-refractivity contribution in [2.45, 2.75) is 0 Å². The van der Waals surface area contributed by atoms with Crippen LogP contribution in [0.15, 0.2) is 18.3 Å². The predicted molar refractivity (Wildman–Crippen MR) is 61.2 cm³/mol. The van der Waals surface area contributed by atoms with Gasteiger partial charge >= 0.3 is 6.09 Å². The Kier molecular flexibility index (Phi) is 3.73. The number of hydrogen-bond donors (Lipinski definition) is 1. The molecule has 0 aliphatic carbocycles. The number of rotatable bonds is 2. The van der Waals surface area contributed by atoms with E-state index < -0.39 is 6.09 Å². The molecule has 1 saturated heterocycles. The van der Waals surface area contributed by atoms with Crippen LogP contribution in [0.25, 0.3) is 0 Å². The van der Waals surface area contributed by atoms with Crippen LogP contribution in [0.1, 0.15) is 10.4 Å². The number of amides is 2. The maximum Gasteiger partial charge on any atom is 0.411 e. The summed E-state index contributed by atoms with van der Waals surface area (Å²) in [7, 11) is 0. The van der Waals surface area contributed by atoms with E-state index in [-0.39, 0.29) is 11.8 Å². The van der Waals surface area contributed by atoms with E-state index in [0.29, 0.717) is 31.9 Å². The number of carbonyl (C=O) groups excluding carboxylic acids is 2. The van der Waals surface area contributed by atoms with Gasteiger partial charge in [-0.3, -0.25) is 4.79 Å². The molecule has 0 spiro atoms. The number of aromatic nitrogens is 1. The minimum Gasteiger partial charge on any atom is -0.391 e. The fourth-order valence-electron chi connectivity index (χ4n) is 1.62. The van der Waals surface area contributed by atoms with E-state index >= 15 is 0 Å². The minimum absolute atomic E-state index is 0.0704. The standard InChI is InChI=1S/C11H13N3O4/c12-11(16)18-9-2-1-8(7-13-9)10(15)14-3-5-17-6-4-14/h1-2,7H,3-6H2,(H2,12,16). The summed E-state index contributed by atoms with van der Waals surface area (Å²) >= 11 is 0. The molecule has 0 aromatic carbocycles.